The van der Waals surface area contributed by atoms with Crippen LogP contribution in [-0.4, -0.2) is 45.3 Å². The summed E-state index contributed by atoms with van der Waals surface area (Å²) in [4.78, 5) is 41.7. The zero-order chi connectivity index (χ0) is 23.4. The molecule has 0 fully saturated rings. The van der Waals surface area contributed by atoms with Gasteiger partial charge in [-0.05, 0) is 35.7 Å². The molecule has 0 aliphatic carbocycles. The average molecular weight is 443 g/mol. The van der Waals surface area contributed by atoms with E-state index in [9.17, 15) is 19.5 Å². The Morgan fingerprint density at radius 3 is 2.21 bits per heavy atom. The van der Waals surface area contributed by atoms with Crippen molar-refractivity contribution in [2.24, 2.45) is 0 Å². The topological polar surface area (TPSA) is 77.9 Å². The van der Waals surface area contributed by atoms with Crippen LogP contribution in [0.15, 0.2) is 78.9 Å². The van der Waals surface area contributed by atoms with Gasteiger partial charge in [-0.1, -0.05) is 72.3 Å². The molecule has 0 aromatic heterocycles. The van der Waals surface area contributed by atoms with Crippen LogP contribution in [0.25, 0.3) is 0 Å². The highest BCUT2D eigenvalue weighted by Gasteiger charge is 2.37. The van der Waals surface area contributed by atoms with Gasteiger partial charge in [0, 0.05) is 25.1 Å². The number of rotatable bonds is 6. The number of aliphatic carboxylic acids is 1. The maximum absolute atomic E-state index is 13.7. The quantitative estimate of drug-likeness (QED) is 0.632. The number of hydrogen-bond donors (Lipinski definition) is 1. The predicted molar refractivity (Wildman–Crippen MR) is 124 cm³/mol. The van der Waals surface area contributed by atoms with Gasteiger partial charge in [0.25, 0.3) is 5.91 Å². The Morgan fingerprint density at radius 1 is 0.909 bits per heavy atom. The lowest BCUT2D eigenvalue weighted by molar-refractivity contribution is -0.147. The second-order valence-electron chi connectivity index (χ2n) is 8.36. The van der Waals surface area contributed by atoms with Crippen LogP contribution in [-0.2, 0) is 29.1 Å². The molecule has 6 nitrogen and oxygen atoms in total. The van der Waals surface area contributed by atoms with Crippen LogP contribution in [0.2, 0.25) is 0 Å². The molecule has 0 radical (unpaired) electrons. The van der Waals surface area contributed by atoms with E-state index in [0.29, 0.717) is 18.5 Å². The van der Waals surface area contributed by atoms with Gasteiger partial charge in [0.15, 0.2) is 0 Å². The summed E-state index contributed by atoms with van der Waals surface area (Å²) in [6, 6.07) is 23.5. The van der Waals surface area contributed by atoms with E-state index >= 15 is 0 Å². The molecule has 1 aliphatic rings. The fourth-order valence-electron chi connectivity index (χ4n) is 4.21. The van der Waals surface area contributed by atoms with Crippen molar-refractivity contribution >= 4 is 17.8 Å². The molecule has 1 heterocycles. The molecule has 0 saturated heterocycles. The van der Waals surface area contributed by atoms with Crippen molar-refractivity contribution in [3.63, 3.8) is 0 Å². The van der Waals surface area contributed by atoms with Gasteiger partial charge in [0.1, 0.15) is 12.6 Å². The van der Waals surface area contributed by atoms with E-state index in [0.717, 1.165) is 22.3 Å². The number of amides is 2. The monoisotopic (exact) mass is 442 g/mol. The molecule has 2 amide bonds. The minimum atomic E-state index is -1.09. The van der Waals surface area contributed by atoms with Crippen LogP contribution in [0, 0.1) is 6.92 Å². The summed E-state index contributed by atoms with van der Waals surface area (Å²) in [6.45, 7) is 1.98. The van der Waals surface area contributed by atoms with Gasteiger partial charge in [0.2, 0.25) is 5.91 Å². The average Bonchev–Trinajstić information content (AvgIpc) is 2.83. The Bertz CT molecular complexity index is 1160. The maximum Gasteiger partial charge on any atom is 0.323 e. The van der Waals surface area contributed by atoms with Gasteiger partial charge < -0.3 is 14.9 Å². The first kappa shape index (κ1) is 22.3. The first-order valence-electron chi connectivity index (χ1n) is 10.9. The summed E-state index contributed by atoms with van der Waals surface area (Å²) in [6.07, 6.45) is 0.345. The fourth-order valence-corrected chi connectivity index (χ4v) is 4.21. The highest BCUT2D eigenvalue weighted by molar-refractivity contribution is 5.98. The number of carboxylic acid groups (broad SMARTS) is 1. The number of carbonyl (C=O) groups is 3. The van der Waals surface area contributed by atoms with Gasteiger partial charge >= 0.3 is 5.97 Å². The molecule has 0 saturated carbocycles. The molecule has 0 bridgehead atoms. The molecule has 3 aromatic rings. The van der Waals surface area contributed by atoms with Gasteiger partial charge in [-0.3, -0.25) is 14.4 Å². The second-order valence-corrected chi connectivity index (χ2v) is 8.36. The smallest absolute Gasteiger partial charge is 0.323 e. The molecule has 6 heteroatoms. The Balaban J connectivity index is 1.68. The molecule has 0 unspecified atom stereocenters. The number of carboxylic acids is 1. The fraction of sp³-hybridized carbons (Fsp3) is 0.222. The van der Waals surface area contributed by atoms with Crippen molar-refractivity contribution in [2.75, 3.05) is 6.54 Å². The van der Waals surface area contributed by atoms with E-state index in [4.69, 9.17) is 0 Å². The Hall–Kier alpha value is -3.93. The van der Waals surface area contributed by atoms with E-state index in [1.165, 1.54) is 4.90 Å². The van der Waals surface area contributed by atoms with Crippen LogP contribution in [0.4, 0.5) is 0 Å². The highest BCUT2D eigenvalue weighted by atomic mass is 16.4. The normalized spacial score (nSPS) is 14.9. The van der Waals surface area contributed by atoms with Gasteiger partial charge in [-0.2, -0.15) is 0 Å². The minimum Gasteiger partial charge on any atom is -0.480 e. The van der Waals surface area contributed by atoms with Gasteiger partial charge in [0.05, 0.1) is 0 Å². The summed E-state index contributed by atoms with van der Waals surface area (Å²) in [5.74, 6) is -1.69. The Morgan fingerprint density at radius 2 is 1.55 bits per heavy atom. The first-order valence-corrected chi connectivity index (χ1v) is 10.9. The summed E-state index contributed by atoms with van der Waals surface area (Å²) in [7, 11) is 0. The number of aryl methyl sites for hydroxylation is 1. The molecular weight excluding hydrogens is 416 g/mol. The molecule has 1 N–H and O–H groups in total. The lowest BCUT2D eigenvalue weighted by Gasteiger charge is -2.38. The summed E-state index contributed by atoms with van der Waals surface area (Å²) in [5, 5.41) is 9.47. The molecular formula is C27H26N2O4. The van der Waals surface area contributed by atoms with Crippen molar-refractivity contribution in [3.05, 3.63) is 107 Å². The molecule has 0 spiro atoms. The zero-order valence-electron chi connectivity index (χ0n) is 18.5. The van der Waals surface area contributed by atoms with E-state index in [1.54, 1.807) is 17.0 Å². The van der Waals surface area contributed by atoms with E-state index in [2.05, 4.69) is 0 Å². The lowest BCUT2D eigenvalue weighted by atomic mass is 9.92. The van der Waals surface area contributed by atoms with E-state index < -0.39 is 18.6 Å². The highest BCUT2D eigenvalue weighted by Crippen LogP contribution is 2.27. The maximum atomic E-state index is 13.7. The van der Waals surface area contributed by atoms with Crippen molar-refractivity contribution in [1.82, 2.24) is 9.80 Å². The van der Waals surface area contributed by atoms with Crippen LogP contribution < -0.4 is 0 Å². The Kier molecular flexibility index (Phi) is 6.54. The van der Waals surface area contributed by atoms with Crippen LogP contribution in [0.1, 0.15) is 32.6 Å². The summed E-state index contributed by atoms with van der Waals surface area (Å²) < 4.78 is 0. The largest absolute Gasteiger partial charge is 0.480 e. The molecule has 1 atom stereocenters. The Labute approximate surface area is 193 Å². The number of nitrogens with zero attached hydrogens (tertiary/aromatic N) is 2. The van der Waals surface area contributed by atoms with E-state index in [1.807, 2.05) is 73.7 Å². The van der Waals surface area contributed by atoms with Gasteiger partial charge in [-0.15, -0.1) is 0 Å². The molecule has 4 rings (SSSR count). The molecule has 33 heavy (non-hydrogen) atoms. The lowest BCUT2D eigenvalue weighted by Crippen LogP contribution is -2.54. The SMILES string of the molecule is Cc1ccc(C(=O)N2Cc3ccccc3C[C@@H]2C(=O)N(CC(=O)O)Cc2ccccc2)cc1. The summed E-state index contributed by atoms with van der Waals surface area (Å²) in [5.41, 5.74) is 4.37. The van der Waals surface area contributed by atoms with E-state index in [-0.39, 0.29) is 18.4 Å². The summed E-state index contributed by atoms with van der Waals surface area (Å²) >= 11 is 0. The van der Waals surface area contributed by atoms with Crippen molar-refractivity contribution in [3.8, 4) is 0 Å². The third-order valence-electron chi connectivity index (χ3n) is 5.95. The molecule has 1 aliphatic heterocycles. The molecule has 3 aromatic carbocycles. The second kappa shape index (κ2) is 9.69. The van der Waals surface area contributed by atoms with Crippen LogP contribution in [0.5, 0.6) is 0 Å². The number of benzene rings is 3. The predicted octanol–water partition coefficient (Wildman–Crippen LogP) is 3.68. The number of fused-ring (bicyclic) bond motifs is 1. The van der Waals surface area contributed by atoms with Crippen molar-refractivity contribution in [2.45, 2.75) is 32.5 Å². The first-order chi connectivity index (χ1) is 15.9. The van der Waals surface area contributed by atoms with Crippen molar-refractivity contribution in [1.29, 1.82) is 0 Å². The van der Waals surface area contributed by atoms with Crippen LogP contribution in [0.3, 0.4) is 0 Å². The van der Waals surface area contributed by atoms with Crippen LogP contribution >= 0.6 is 0 Å². The number of carbonyl (C=O) groups excluding carboxylic acids is 2. The minimum absolute atomic E-state index is 0.163. The third-order valence-corrected chi connectivity index (χ3v) is 5.95. The third kappa shape index (κ3) is 5.12. The van der Waals surface area contributed by atoms with Crippen molar-refractivity contribution < 1.29 is 19.5 Å². The van der Waals surface area contributed by atoms with Gasteiger partial charge in [-0.25, -0.2) is 0 Å². The number of hydrogen-bond acceptors (Lipinski definition) is 3. The zero-order valence-corrected chi connectivity index (χ0v) is 18.5. The molecule has 168 valence electrons. The standard InChI is InChI=1S/C27H26N2O4/c1-19-11-13-21(14-12-19)26(32)29-17-23-10-6-5-9-22(23)15-24(29)27(33)28(18-25(30)31)16-20-7-3-2-4-8-20/h2-14,24H,15-18H2,1H3,(H,30,31)/t24-/m1/s1.